The lowest BCUT2D eigenvalue weighted by Gasteiger charge is -2.37. The van der Waals surface area contributed by atoms with Gasteiger partial charge >= 0.3 is 0 Å². The Kier molecular flexibility index (Phi) is 8.43. The smallest absolute Gasteiger partial charge is 0.257 e. The van der Waals surface area contributed by atoms with Gasteiger partial charge in [0.15, 0.2) is 0 Å². The minimum atomic E-state index is -0.793. The molecular formula is C30H34N4O3S. The van der Waals surface area contributed by atoms with Gasteiger partial charge in [-0.05, 0) is 62.3 Å². The Morgan fingerprint density at radius 3 is 2.47 bits per heavy atom. The Hall–Kier alpha value is -3.18. The van der Waals surface area contributed by atoms with E-state index in [0.717, 1.165) is 69.0 Å². The number of para-hydroxylation sites is 1. The maximum Gasteiger partial charge on any atom is 0.257 e. The minimum Gasteiger partial charge on any atom is -0.326 e. The molecule has 0 spiro atoms. The number of nitrogens with zero attached hydrogens (tertiary/aromatic N) is 4. The van der Waals surface area contributed by atoms with Crippen LogP contribution in [0.2, 0.25) is 0 Å². The third kappa shape index (κ3) is 5.63. The summed E-state index contributed by atoms with van der Waals surface area (Å²) in [5.41, 5.74) is 3.24. The molecule has 1 saturated carbocycles. The molecule has 1 saturated heterocycles. The van der Waals surface area contributed by atoms with E-state index in [2.05, 4.69) is 6.07 Å². The molecule has 5 rings (SSSR count). The summed E-state index contributed by atoms with van der Waals surface area (Å²) in [6.07, 6.45) is 11.2. The number of benzene rings is 1. The fourth-order valence-corrected chi connectivity index (χ4v) is 6.88. The average Bonchev–Trinajstić information content (AvgIpc) is 3.22. The van der Waals surface area contributed by atoms with E-state index in [0.29, 0.717) is 16.3 Å². The molecule has 0 N–H and O–H groups in total. The highest BCUT2D eigenvalue weighted by Gasteiger charge is 2.46. The summed E-state index contributed by atoms with van der Waals surface area (Å²) in [5, 5.41) is 10.4. The highest BCUT2D eigenvalue weighted by atomic mass is 32.2. The zero-order valence-corrected chi connectivity index (χ0v) is 22.5. The van der Waals surface area contributed by atoms with Gasteiger partial charge in [0.2, 0.25) is 11.8 Å². The van der Waals surface area contributed by atoms with E-state index in [-0.39, 0.29) is 35.9 Å². The Morgan fingerprint density at radius 2 is 1.74 bits per heavy atom. The lowest BCUT2D eigenvalue weighted by molar-refractivity contribution is -0.139. The summed E-state index contributed by atoms with van der Waals surface area (Å²) >= 11 is 1.28. The number of rotatable bonds is 6. The zero-order valence-electron chi connectivity index (χ0n) is 21.7. The third-order valence-electron chi connectivity index (χ3n) is 7.95. The lowest BCUT2D eigenvalue weighted by atomic mass is 9.92. The van der Waals surface area contributed by atoms with E-state index in [1.165, 1.54) is 29.5 Å². The molecule has 198 valence electrons. The van der Waals surface area contributed by atoms with E-state index in [4.69, 9.17) is 4.98 Å². The predicted octanol–water partition coefficient (Wildman–Crippen LogP) is 5.20. The van der Waals surface area contributed by atoms with E-state index in [1.54, 1.807) is 29.2 Å². The summed E-state index contributed by atoms with van der Waals surface area (Å²) in [5.74, 6) is -0.690. The van der Waals surface area contributed by atoms with Crippen molar-refractivity contribution in [2.24, 2.45) is 0 Å². The van der Waals surface area contributed by atoms with Crippen LogP contribution in [-0.2, 0) is 27.2 Å². The summed E-state index contributed by atoms with van der Waals surface area (Å²) in [7, 11) is 0. The second-order valence-corrected chi connectivity index (χ2v) is 11.4. The van der Waals surface area contributed by atoms with Gasteiger partial charge in [0.25, 0.3) is 5.91 Å². The number of amides is 3. The number of aryl methyl sites for hydroxylation is 2. The molecule has 2 heterocycles. The quantitative estimate of drug-likeness (QED) is 0.377. The number of hydrogen-bond acceptors (Lipinski definition) is 6. The van der Waals surface area contributed by atoms with Gasteiger partial charge in [-0.3, -0.25) is 14.4 Å². The van der Waals surface area contributed by atoms with Gasteiger partial charge in [0.1, 0.15) is 17.1 Å². The number of hydrogen-bond donors (Lipinski definition) is 0. The molecule has 1 unspecified atom stereocenters. The van der Waals surface area contributed by atoms with Crippen molar-refractivity contribution in [1.29, 1.82) is 5.26 Å². The minimum absolute atomic E-state index is 0.00117. The maximum atomic E-state index is 13.8. The molecule has 2 fully saturated rings. The van der Waals surface area contributed by atoms with Gasteiger partial charge in [-0.1, -0.05) is 62.1 Å². The second-order valence-electron chi connectivity index (χ2n) is 10.5. The van der Waals surface area contributed by atoms with Crippen LogP contribution in [0.15, 0.2) is 41.4 Å². The Bertz CT molecular complexity index is 1240. The van der Waals surface area contributed by atoms with Crippen LogP contribution in [0.5, 0.6) is 0 Å². The van der Waals surface area contributed by atoms with Gasteiger partial charge in [0.05, 0.1) is 23.4 Å². The van der Waals surface area contributed by atoms with Crippen molar-refractivity contribution < 1.29 is 14.4 Å². The van der Waals surface area contributed by atoms with Crippen LogP contribution in [0.25, 0.3) is 0 Å². The van der Waals surface area contributed by atoms with Crippen LogP contribution in [0.3, 0.4) is 0 Å². The van der Waals surface area contributed by atoms with Crippen LogP contribution in [0, 0.1) is 11.3 Å². The number of fused-ring (bicyclic) bond motifs is 1. The number of nitriles is 1. The van der Waals surface area contributed by atoms with E-state index < -0.39 is 6.04 Å². The molecular weight excluding hydrogens is 496 g/mol. The maximum absolute atomic E-state index is 13.8. The van der Waals surface area contributed by atoms with Crippen molar-refractivity contribution in [2.75, 3.05) is 10.7 Å². The SMILES string of the molecule is N#Cc1cc2c(nc1SCC(=O)N(C1CCCCC1)C1CC(=O)N(c3ccccc3)C1=O)CCCCCC2. The van der Waals surface area contributed by atoms with Gasteiger partial charge in [-0.25, -0.2) is 9.88 Å². The fourth-order valence-electron chi connectivity index (χ4n) is 6.04. The number of thioether (sulfide) groups is 1. The summed E-state index contributed by atoms with van der Waals surface area (Å²) in [6.45, 7) is 0. The molecule has 8 heteroatoms. The molecule has 1 atom stereocenters. The lowest BCUT2D eigenvalue weighted by Crippen LogP contribution is -2.52. The zero-order chi connectivity index (χ0) is 26.5. The van der Waals surface area contributed by atoms with Crippen molar-refractivity contribution in [1.82, 2.24) is 9.88 Å². The molecule has 2 aliphatic carbocycles. The van der Waals surface area contributed by atoms with E-state index >= 15 is 0 Å². The summed E-state index contributed by atoms with van der Waals surface area (Å²) in [6, 6.07) is 12.3. The molecule has 38 heavy (non-hydrogen) atoms. The Balaban J connectivity index is 1.37. The molecule has 1 aromatic heterocycles. The standard InChI is InChI=1S/C30H34N4O3S/c31-19-22-17-21-11-5-1-2-10-16-25(21)32-29(22)38-20-28(36)33(23-12-6-3-7-13-23)26-18-27(35)34(30(26)37)24-14-8-4-9-15-24/h4,8-9,14-15,17,23,26H,1-3,5-7,10-13,16,18,20H2. The first-order chi connectivity index (χ1) is 18.6. The average molecular weight is 531 g/mol. The van der Waals surface area contributed by atoms with Gasteiger partial charge < -0.3 is 4.90 Å². The molecule has 0 radical (unpaired) electrons. The summed E-state index contributed by atoms with van der Waals surface area (Å²) < 4.78 is 0. The first-order valence-electron chi connectivity index (χ1n) is 13.9. The highest BCUT2D eigenvalue weighted by Crippen LogP contribution is 2.33. The first-order valence-corrected chi connectivity index (χ1v) is 14.8. The normalized spacial score (nSPS) is 20.4. The molecule has 3 amide bonds. The second kappa shape index (κ2) is 12.1. The predicted molar refractivity (Wildman–Crippen MR) is 147 cm³/mol. The molecule has 2 aromatic rings. The number of carbonyl (C=O) groups excluding carboxylic acids is 3. The molecule has 1 aliphatic heterocycles. The van der Waals surface area contributed by atoms with E-state index in [9.17, 15) is 19.6 Å². The molecule has 3 aliphatic rings. The van der Waals surface area contributed by atoms with Crippen LogP contribution >= 0.6 is 11.8 Å². The fraction of sp³-hybridized carbons (Fsp3) is 0.500. The third-order valence-corrected chi connectivity index (χ3v) is 8.92. The summed E-state index contributed by atoms with van der Waals surface area (Å²) in [4.78, 5) is 48.1. The molecule has 1 aromatic carbocycles. The van der Waals surface area contributed by atoms with Gasteiger partial charge in [-0.15, -0.1) is 0 Å². The van der Waals surface area contributed by atoms with Crippen LogP contribution in [0.1, 0.15) is 81.0 Å². The highest BCUT2D eigenvalue weighted by molar-refractivity contribution is 8.00. The number of aromatic nitrogens is 1. The topological polar surface area (TPSA) is 94.4 Å². The molecule has 7 nitrogen and oxygen atoms in total. The number of carbonyl (C=O) groups is 3. The van der Waals surface area contributed by atoms with Gasteiger partial charge in [0, 0.05) is 11.7 Å². The monoisotopic (exact) mass is 530 g/mol. The number of anilines is 1. The van der Waals surface area contributed by atoms with Crippen LogP contribution in [0.4, 0.5) is 5.69 Å². The van der Waals surface area contributed by atoms with Crippen molar-refractivity contribution >= 4 is 35.2 Å². The Labute approximate surface area is 228 Å². The first kappa shape index (κ1) is 26.4. The Morgan fingerprint density at radius 1 is 1.03 bits per heavy atom. The van der Waals surface area contributed by atoms with Crippen molar-refractivity contribution in [3.05, 3.63) is 53.2 Å². The molecule has 0 bridgehead atoms. The largest absolute Gasteiger partial charge is 0.326 e. The van der Waals surface area contributed by atoms with Crippen molar-refractivity contribution in [3.63, 3.8) is 0 Å². The van der Waals surface area contributed by atoms with Crippen LogP contribution < -0.4 is 4.90 Å². The van der Waals surface area contributed by atoms with Crippen molar-refractivity contribution in [2.45, 2.75) is 94.2 Å². The number of imide groups is 1. The van der Waals surface area contributed by atoms with Gasteiger partial charge in [-0.2, -0.15) is 5.26 Å². The number of pyridine rings is 1. The van der Waals surface area contributed by atoms with E-state index in [1.807, 2.05) is 12.1 Å². The van der Waals surface area contributed by atoms with Crippen LogP contribution in [-0.4, -0.2) is 45.4 Å². The van der Waals surface area contributed by atoms with Crippen molar-refractivity contribution in [3.8, 4) is 6.07 Å².